The average Bonchev–Trinajstić information content (AvgIpc) is 3.73. The van der Waals surface area contributed by atoms with E-state index in [1.165, 1.54) is 0 Å². The van der Waals surface area contributed by atoms with Crippen LogP contribution in [0.5, 0.6) is 23.0 Å². The molecule has 0 radical (unpaired) electrons. The van der Waals surface area contributed by atoms with E-state index in [2.05, 4.69) is 10.3 Å². The topological polar surface area (TPSA) is 127 Å². The summed E-state index contributed by atoms with van der Waals surface area (Å²) >= 11 is 0. The summed E-state index contributed by atoms with van der Waals surface area (Å²) in [4.78, 5) is 28.7. The number of amides is 1. The summed E-state index contributed by atoms with van der Waals surface area (Å²) in [7, 11) is 1.58. The number of nitrogens with zero attached hydrogens (tertiary/aromatic N) is 1. The molecule has 40 heavy (non-hydrogen) atoms. The van der Waals surface area contributed by atoms with Crippen molar-refractivity contribution in [3.63, 3.8) is 0 Å². The van der Waals surface area contributed by atoms with E-state index in [0.717, 1.165) is 17.4 Å². The third kappa shape index (κ3) is 6.83. The standard InChI is InChI=1S/C31H38N2O7/c1-5-7-23(33-28(34)31(14-15-31)29(35)36)20-8-10-21(11-9-20)40-25-12-16-32-24-19-27(26(38-4)18-22(24)25)39-17-6-13-30(2,3)37/h8-12,16,18-19,23,37H,5-7,13-15,17H2,1-4H3,(H,33,34)(H,35,36). The summed E-state index contributed by atoms with van der Waals surface area (Å²) in [5, 5.41) is 23.1. The highest BCUT2D eigenvalue weighted by Gasteiger charge is 2.57. The fourth-order valence-electron chi connectivity index (χ4n) is 4.64. The summed E-state index contributed by atoms with van der Waals surface area (Å²) < 4.78 is 17.7. The van der Waals surface area contributed by atoms with Gasteiger partial charge in [0.25, 0.3) is 0 Å². The minimum Gasteiger partial charge on any atom is -0.493 e. The molecule has 4 rings (SSSR count). The van der Waals surface area contributed by atoms with Crippen molar-refractivity contribution in [1.29, 1.82) is 0 Å². The van der Waals surface area contributed by atoms with Gasteiger partial charge in [0, 0.05) is 17.6 Å². The molecule has 0 bridgehead atoms. The summed E-state index contributed by atoms with van der Waals surface area (Å²) in [5.41, 5.74) is -0.449. The van der Waals surface area contributed by atoms with E-state index in [4.69, 9.17) is 14.2 Å². The lowest BCUT2D eigenvalue weighted by Gasteiger charge is -2.21. The molecule has 1 aliphatic carbocycles. The van der Waals surface area contributed by atoms with Crippen LogP contribution < -0.4 is 19.5 Å². The number of carboxylic acid groups (broad SMARTS) is 1. The highest BCUT2D eigenvalue weighted by atomic mass is 16.5. The summed E-state index contributed by atoms with van der Waals surface area (Å²) in [6.45, 7) is 6.01. The lowest BCUT2D eigenvalue weighted by molar-refractivity contribution is -0.149. The molecule has 0 aliphatic heterocycles. The quantitative estimate of drug-likeness (QED) is 0.170. The third-order valence-electron chi connectivity index (χ3n) is 7.16. The Bertz CT molecular complexity index is 1340. The summed E-state index contributed by atoms with van der Waals surface area (Å²) in [6.07, 6.45) is 5.25. The number of nitrogens with one attached hydrogen (secondary N) is 1. The first-order valence-corrected chi connectivity index (χ1v) is 13.7. The van der Waals surface area contributed by atoms with Crippen molar-refractivity contribution < 1.29 is 34.0 Å². The minimum atomic E-state index is -1.28. The Morgan fingerprint density at radius 2 is 1.82 bits per heavy atom. The van der Waals surface area contributed by atoms with Gasteiger partial charge in [0.1, 0.15) is 16.9 Å². The SMILES string of the molecule is CCCC(NC(=O)C1(C(=O)O)CC1)c1ccc(Oc2ccnc3cc(OCCCC(C)(C)O)c(OC)cc23)cc1. The number of hydrogen-bond acceptors (Lipinski definition) is 7. The molecule has 2 aromatic carbocycles. The van der Waals surface area contributed by atoms with Crippen molar-refractivity contribution in [2.45, 2.75) is 70.9 Å². The van der Waals surface area contributed by atoms with Crippen LogP contribution in [-0.4, -0.2) is 46.4 Å². The fraction of sp³-hybridized carbons (Fsp3) is 0.452. The van der Waals surface area contributed by atoms with Crippen LogP contribution >= 0.6 is 0 Å². The molecule has 1 unspecified atom stereocenters. The number of carbonyl (C=O) groups is 2. The Labute approximate surface area is 234 Å². The van der Waals surface area contributed by atoms with Crippen LogP contribution in [0.4, 0.5) is 0 Å². The van der Waals surface area contributed by atoms with Crippen LogP contribution in [0.25, 0.3) is 10.9 Å². The Kier molecular flexibility index (Phi) is 8.83. The number of hydrogen-bond donors (Lipinski definition) is 3. The number of methoxy groups -OCH3 is 1. The summed E-state index contributed by atoms with van der Waals surface area (Å²) in [6, 6.07) is 12.6. The van der Waals surface area contributed by atoms with Crippen molar-refractivity contribution in [1.82, 2.24) is 10.3 Å². The predicted octanol–water partition coefficient (Wildman–Crippen LogP) is 5.79. The molecule has 0 saturated heterocycles. The molecular weight excluding hydrogens is 512 g/mol. The second kappa shape index (κ2) is 12.1. The molecule has 1 fully saturated rings. The van der Waals surface area contributed by atoms with E-state index in [0.29, 0.717) is 67.2 Å². The summed E-state index contributed by atoms with van der Waals surface area (Å²) in [5.74, 6) is 0.843. The number of ether oxygens (including phenoxy) is 3. The Balaban J connectivity index is 1.48. The molecule has 0 spiro atoms. The van der Waals surface area contributed by atoms with Gasteiger partial charge in [-0.3, -0.25) is 14.6 Å². The van der Waals surface area contributed by atoms with Gasteiger partial charge in [0.15, 0.2) is 11.5 Å². The van der Waals surface area contributed by atoms with Crippen LogP contribution in [0.15, 0.2) is 48.7 Å². The second-order valence-electron chi connectivity index (χ2n) is 11.0. The van der Waals surface area contributed by atoms with Crippen LogP contribution in [-0.2, 0) is 9.59 Å². The molecule has 3 N–H and O–H groups in total. The van der Waals surface area contributed by atoms with Gasteiger partial charge in [-0.2, -0.15) is 0 Å². The zero-order valence-electron chi connectivity index (χ0n) is 23.5. The largest absolute Gasteiger partial charge is 0.493 e. The molecule has 3 aromatic rings. The number of aliphatic hydroxyl groups is 1. The number of fused-ring (bicyclic) bond motifs is 1. The van der Waals surface area contributed by atoms with Crippen LogP contribution in [0.3, 0.4) is 0 Å². The highest BCUT2D eigenvalue weighted by molar-refractivity contribution is 6.05. The smallest absolute Gasteiger partial charge is 0.319 e. The van der Waals surface area contributed by atoms with E-state index in [-0.39, 0.29) is 6.04 Å². The van der Waals surface area contributed by atoms with Gasteiger partial charge in [-0.25, -0.2) is 0 Å². The number of carboxylic acids is 1. The number of carbonyl (C=O) groups excluding carboxylic acids is 1. The fourth-order valence-corrected chi connectivity index (χ4v) is 4.64. The molecule has 1 atom stereocenters. The molecular formula is C31H38N2O7. The molecule has 1 amide bonds. The Morgan fingerprint density at radius 1 is 1.10 bits per heavy atom. The zero-order chi connectivity index (χ0) is 28.9. The van der Waals surface area contributed by atoms with Crippen LogP contribution in [0.2, 0.25) is 0 Å². The van der Waals surface area contributed by atoms with Gasteiger partial charge >= 0.3 is 5.97 Å². The second-order valence-corrected chi connectivity index (χ2v) is 11.0. The Morgan fingerprint density at radius 3 is 2.42 bits per heavy atom. The molecule has 9 heteroatoms. The first-order valence-electron chi connectivity index (χ1n) is 13.7. The Hall–Kier alpha value is -3.85. The zero-order valence-corrected chi connectivity index (χ0v) is 23.5. The van der Waals surface area contributed by atoms with Crippen molar-refractivity contribution in [2.75, 3.05) is 13.7 Å². The van der Waals surface area contributed by atoms with Gasteiger partial charge in [-0.15, -0.1) is 0 Å². The van der Waals surface area contributed by atoms with Gasteiger partial charge in [0.05, 0.1) is 30.9 Å². The molecule has 214 valence electrons. The molecule has 1 aliphatic rings. The van der Waals surface area contributed by atoms with Gasteiger partial charge in [-0.05, 0) is 75.8 Å². The molecule has 1 saturated carbocycles. The van der Waals surface area contributed by atoms with Crippen LogP contribution in [0.1, 0.15) is 70.9 Å². The number of aliphatic carboxylic acids is 1. The van der Waals surface area contributed by atoms with Gasteiger partial charge < -0.3 is 29.7 Å². The van der Waals surface area contributed by atoms with Crippen LogP contribution in [0, 0.1) is 5.41 Å². The molecule has 9 nitrogen and oxygen atoms in total. The lowest BCUT2D eigenvalue weighted by Crippen LogP contribution is -2.39. The van der Waals surface area contributed by atoms with Gasteiger partial charge in [-0.1, -0.05) is 25.5 Å². The maximum absolute atomic E-state index is 12.7. The first-order chi connectivity index (χ1) is 19.1. The first kappa shape index (κ1) is 29.1. The van der Waals surface area contributed by atoms with Crippen molar-refractivity contribution in [3.05, 3.63) is 54.2 Å². The maximum atomic E-state index is 12.7. The number of pyridine rings is 1. The molecule has 1 aromatic heterocycles. The number of rotatable bonds is 14. The third-order valence-corrected chi connectivity index (χ3v) is 7.16. The van der Waals surface area contributed by atoms with Crippen molar-refractivity contribution >= 4 is 22.8 Å². The number of benzene rings is 2. The monoisotopic (exact) mass is 550 g/mol. The maximum Gasteiger partial charge on any atom is 0.319 e. The van der Waals surface area contributed by atoms with E-state index in [1.54, 1.807) is 33.2 Å². The number of aromatic nitrogens is 1. The molecule has 1 heterocycles. The normalized spacial score (nSPS) is 14.8. The van der Waals surface area contributed by atoms with E-state index < -0.39 is 22.9 Å². The predicted molar refractivity (Wildman–Crippen MR) is 151 cm³/mol. The van der Waals surface area contributed by atoms with Crippen molar-refractivity contribution in [2.24, 2.45) is 5.41 Å². The minimum absolute atomic E-state index is 0.281. The van der Waals surface area contributed by atoms with E-state index in [9.17, 15) is 19.8 Å². The highest BCUT2D eigenvalue weighted by Crippen LogP contribution is 2.46. The average molecular weight is 551 g/mol. The van der Waals surface area contributed by atoms with Gasteiger partial charge in [0.2, 0.25) is 5.91 Å². The lowest BCUT2D eigenvalue weighted by atomic mass is 9.99. The van der Waals surface area contributed by atoms with E-state index in [1.807, 2.05) is 43.3 Å². The van der Waals surface area contributed by atoms with E-state index >= 15 is 0 Å². The van der Waals surface area contributed by atoms with Crippen molar-refractivity contribution in [3.8, 4) is 23.0 Å².